The smallest absolute Gasteiger partial charge is 0.0775 e. The third-order valence-electron chi connectivity index (χ3n) is 12.7. The first kappa shape index (κ1) is 12.3. The first-order chi connectivity index (χ1) is 11.5. The van der Waals surface area contributed by atoms with Crippen LogP contribution in [0.3, 0.4) is 0 Å². The predicted molar refractivity (Wildman–Crippen MR) is 86.6 cm³/mol. The summed E-state index contributed by atoms with van der Waals surface area (Å²) in [6.07, 6.45) is 10.6. The molecule has 0 heterocycles. The summed E-state index contributed by atoms with van der Waals surface area (Å²) < 4.78 is 0. The molecule has 24 heavy (non-hydrogen) atoms. The first-order valence-electron chi connectivity index (χ1n) is 11.0. The van der Waals surface area contributed by atoms with E-state index in [0.717, 1.165) is 35.5 Å². The van der Waals surface area contributed by atoms with E-state index in [1.807, 2.05) is 0 Å². The topological polar surface area (TPSA) is 40.5 Å². The van der Waals surface area contributed by atoms with E-state index in [1.165, 1.54) is 51.4 Å². The van der Waals surface area contributed by atoms with Crippen LogP contribution in [-0.2, 0) is 0 Å². The second kappa shape index (κ2) is 2.87. The van der Waals surface area contributed by atoms with Gasteiger partial charge in [-0.05, 0) is 111 Å². The highest BCUT2D eigenvalue weighted by Gasteiger charge is 2.95. The summed E-state index contributed by atoms with van der Waals surface area (Å²) in [7, 11) is 0. The summed E-state index contributed by atoms with van der Waals surface area (Å²) in [4.78, 5) is 0. The van der Waals surface area contributed by atoms with Crippen molar-refractivity contribution in [2.75, 3.05) is 0 Å². The van der Waals surface area contributed by atoms with Gasteiger partial charge in [0.05, 0.1) is 11.2 Å². The summed E-state index contributed by atoms with van der Waals surface area (Å²) >= 11 is 0. The Morgan fingerprint density at radius 3 is 1.46 bits per heavy atom. The summed E-state index contributed by atoms with van der Waals surface area (Å²) in [5.74, 6) is 7.07. The minimum atomic E-state index is -0.366. The molecule has 0 radical (unpaired) electrons. The summed E-state index contributed by atoms with van der Waals surface area (Å²) in [6, 6.07) is 0. The van der Waals surface area contributed by atoms with Crippen molar-refractivity contribution < 1.29 is 10.2 Å². The molecule has 0 aromatic rings. The summed E-state index contributed by atoms with van der Waals surface area (Å²) in [6.45, 7) is 0. The van der Waals surface area contributed by atoms with Gasteiger partial charge in [-0.25, -0.2) is 0 Å². The van der Waals surface area contributed by atoms with E-state index in [-0.39, 0.29) is 22.0 Å². The number of hydrogen-bond acceptors (Lipinski definition) is 2. The highest BCUT2D eigenvalue weighted by Crippen LogP contribution is 2.94. The summed E-state index contributed by atoms with van der Waals surface area (Å²) in [5, 5.41) is 25.1. The first-order valence-corrected chi connectivity index (χ1v) is 11.0. The molecule has 13 rings (SSSR count). The lowest BCUT2D eigenvalue weighted by Crippen LogP contribution is -2.97. The molecule has 0 aromatic heterocycles. The van der Waals surface area contributed by atoms with Crippen molar-refractivity contribution >= 4 is 0 Å². The van der Waals surface area contributed by atoms with Gasteiger partial charge in [0.2, 0.25) is 0 Å². The Kier molecular flexibility index (Phi) is 1.48. The van der Waals surface area contributed by atoms with Crippen LogP contribution >= 0.6 is 0 Å². The minimum absolute atomic E-state index is 0.144. The molecule has 0 aromatic carbocycles. The lowest BCUT2D eigenvalue weighted by atomic mass is 9.11. The molecule has 2 N–H and O–H groups in total. The van der Waals surface area contributed by atoms with Gasteiger partial charge >= 0.3 is 0 Å². The van der Waals surface area contributed by atoms with Crippen molar-refractivity contribution in [3.8, 4) is 0 Å². The second-order valence-corrected chi connectivity index (χ2v) is 12.3. The monoisotopic (exact) mass is 324 g/mol. The van der Waals surface area contributed by atoms with Crippen molar-refractivity contribution in [2.24, 2.45) is 70.0 Å². The van der Waals surface area contributed by atoms with Crippen LogP contribution in [0.1, 0.15) is 51.4 Å². The fourth-order valence-corrected chi connectivity index (χ4v) is 13.5. The highest BCUT2D eigenvalue weighted by molar-refractivity contribution is 5.43. The third-order valence-corrected chi connectivity index (χ3v) is 12.7. The molecule has 2 heteroatoms. The van der Waals surface area contributed by atoms with Crippen LogP contribution in [0.4, 0.5) is 0 Å². The largest absolute Gasteiger partial charge is 0.389 e. The number of hydrogen-bond donors (Lipinski definition) is 2. The predicted octanol–water partition coefficient (Wildman–Crippen LogP) is 2.83. The molecule has 2 spiro atoms. The van der Waals surface area contributed by atoms with Gasteiger partial charge in [0, 0.05) is 10.8 Å². The zero-order chi connectivity index (χ0) is 15.4. The molecule has 0 aliphatic heterocycles. The molecule has 13 saturated carbocycles. The normalized spacial score (nSPS) is 85.2. The van der Waals surface area contributed by atoms with Gasteiger partial charge in [-0.15, -0.1) is 0 Å². The maximum atomic E-state index is 12.5. The molecule has 13 aliphatic rings. The van der Waals surface area contributed by atoms with Crippen molar-refractivity contribution in [1.29, 1.82) is 0 Å². The van der Waals surface area contributed by atoms with Crippen molar-refractivity contribution in [3.05, 3.63) is 0 Å². The molecule has 13 aliphatic carbocycles. The Morgan fingerprint density at radius 2 is 1.00 bits per heavy atom. The Balaban J connectivity index is 1.47. The molecule has 14 atom stereocenters. The molecular formula is C22H28O2. The van der Waals surface area contributed by atoms with E-state index in [2.05, 4.69) is 0 Å². The van der Waals surface area contributed by atoms with Gasteiger partial charge < -0.3 is 10.2 Å². The molecule has 14 bridgehead atoms. The second-order valence-electron chi connectivity index (χ2n) is 12.3. The lowest BCUT2D eigenvalue weighted by molar-refractivity contribution is -0.514. The molecule has 0 unspecified atom stereocenters. The Bertz CT molecular complexity index is 678. The van der Waals surface area contributed by atoms with E-state index >= 15 is 0 Å². The Labute approximate surface area is 143 Å². The van der Waals surface area contributed by atoms with Crippen LogP contribution in [-0.4, -0.2) is 21.4 Å². The third kappa shape index (κ3) is 0.739. The lowest BCUT2D eigenvalue weighted by Gasteiger charge is -2.94. The van der Waals surface area contributed by atoms with E-state index in [0.29, 0.717) is 23.7 Å². The maximum absolute atomic E-state index is 12.5. The fraction of sp³-hybridized carbons (Fsp3) is 1.00. The molecule has 13 fully saturated rings. The highest BCUT2D eigenvalue weighted by atomic mass is 16.3. The maximum Gasteiger partial charge on any atom is 0.0775 e. The van der Waals surface area contributed by atoms with Crippen LogP contribution in [0.2, 0.25) is 0 Å². The average Bonchev–Trinajstić information content (AvgIpc) is 2.54. The van der Waals surface area contributed by atoms with Crippen LogP contribution in [0.15, 0.2) is 0 Å². The van der Waals surface area contributed by atoms with E-state index in [9.17, 15) is 10.2 Å². The van der Waals surface area contributed by atoms with E-state index < -0.39 is 0 Å². The SMILES string of the molecule is O[C@@]12[C@@H]3C[C@H]4C[C@H]5[C@H]3C[C@@]36C[C@@H]7C[C@@H]([C@H]8C[C@]1(C4)[C@H]5[C@]3(O)[C@@H]8C7)[C@@H]62. The molecule has 2 nitrogen and oxygen atoms in total. The summed E-state index contributed by atoms with van der Waals surface area (Å²) in [5.41, 5.74) is -0.445. The van der Waals surface area contributed by atoms with Crippen molar-refractivity contribution in [3.63, 3.8) is 0 Å². The molecular weight excluding hydrogens is 296 g/mol. The zero-order valence-electron chi connectivity index (χ0n) is 14.3. The quantitative estimate of drug-likeness (QED) is 0.719. The van der Waals surface area contributed by atoms with Gasteiger partial charge in [-0.3, -0.25) is 0 Å². The van der Waals surface area contributed by atoms with Gasteiger partial charge in [0.1, 0.15) is 0 Å². The van der Waals surface area contributed by atoms with Crippen LogP contribution < -0.4 is 0 Å². The number of aliphatic hydroxyl groups is 2. The van der Waals surface area contributed by atoms with Crippen LogP contribution in [0.5, 0.6) is 0 Å². The zero-order valence-corrected chi connectivity index (χ0v) is 14.3. The Morgan fingerprint density at radius 1 is 0.542 bits per heavy atom. The van der Waals surface area contributed by atoms with Gasteiger partial charge in [-0.2, -0.15) is 0 Å². The molecule has 0 saturated heterocycles. The van der Waals surface area contributed by atoms with Gasteiger partial charge in [-0.1, -0.05) is 0 Å². The van der Waals surface area contributed by atoms with Crippen LogP contribution in [0.25, 0.3) is 0 Å². The average molecular weight is 324 g/mol. The van der Waals surface area contributed by atoms with E-state index in [4.69, 9.17) is 0 Å². The standard InChI is InChI=1S/C22H28O2/c23-21-16-4-10-2-12-14(16)8-19-5-9-1-11(17(19)21)13-7-20(21,6-10)18(12)22(19,24)15(13)3-9/h9-18,23-24H,1-8H2/t9-,10-,11+,12+,13-,14-,15-,16-,17+,18+,19-,20-,21-,22-/m1/s1. The van der Waals surface area contributed by atoms with Crippen molar-refractivity contribution in [2.45, 2.75) is 62.6 Å². The minimum Gasteiger partial charge on any atom is -0.389 e. The van der Waals surface area contributed by atoms with Gasteiger partial charge in [0.15, 0.2) is 0 Å². The van der Waals surface area contributed by atoms with Crippen LogP contribution in [0, 0.1) is 70.0 Å². The number of rotatable bonds is 0. The molecule has 0 amide bonds. The fourth-order valence-electron chi connectivity index (χ4n) is 13.5. The molecule has 128 valence electrons. The Hall–Kier alpha value is -0.0800. The van der Waals surface area contributed by atoms with E-state index in [1.54, 1.807) is 0 Å². The van der Waals surface area contributed by atoms with Gasteiger partial charge in [0.25, 0.3) is 0 Å². The van der Waals surface area contributed by atoms with Crippen molar-refractivity contribution in [1.82, 2.24) is 0 Å².